The summed E-state index contributed by atoms with van der Waals surface area (Å²) in [5, 5.41) is 19.3. The lowest BCUT2D eigenvalue weighted by Gasteiger charge is -2.17. The van der Waals surface area contributed by atoms with E-state index in [9.17, 15) is 10.1 Å². The van der Waals surface area contributed by atoms with E-state index < -0.39 is 4.92 Å². The van der Waals surface area contributed by atoms with Crippen LogP contribution in [0, 0.1) is 27.4 Å². The quantitative estimate of drug-likeness (QED) is 0.486. The fraction of sp³-hybridized carbons (Fsp3) is 0.417. The van der Waals surface area contributed by atoms with Crippen LogP contribution >= 0.6 is 0 Å². The Bertz CT molecular complexity index is 481. The van der Waals surface area contributed by atoms with Crippen LogP contribution in [0.5, 0.6) is 0 Å². The van der Waals surface area contributed by atoms with Crippen molar-refractivity contribution >= 4 is 11.4 Å². The molecule has 0 aliphatic carbocycles. The SMILES string of the molecule is CC(C#N)CN(C)Cc1ccc([N+](=O)[O-])c(N)c1. The Kier molecular flexibility index (Phi) is 4.63. The van der Waals surface area contributed by atoms with E-state index in [1.807, 2.05) is 18.9 Å². The van der Waals surface area contributed by atoms with Crippen LogP contribution in [0.15, 0.2) is 18.2 Å². The molecular weight excluding hydrogens is 232 g/mol. The number of hydrogen-bond acceptors (Lipinski definition) is 5. The van der Waals surface area contributed by atoms with Crippen molar-refractivity contribution in [3.05, 3.63) is 33.9 Å². The lowest BCUT2D eigenvalue weighted by molar-refractivity contribution is -0.383. The van der Waals surface area contributed by atoms with Gasteiger partial charge in [0.15, 0.2) is 0 Å². The molecule has 6 nitrogen and oxygen atoms in total. The summed E-state index contributed by atoms with van der Waals surface area (Å²) >= 11 is 0. The molecule has 1 rings (SSSR count). The van der Waals surface area contributed by atoms with Crippen LogP contribution in [0.25, 0.3) is 0 Å². The van der Waals surface area contributed by atoms with Crippen LogP contribution in [0.2, 0.25) is 0 Å². The number of benzene rings is 1. The molecule has 0 aromatic heterocycles. The van der Waals surface area contributed by atoms with Crippen molar-refractivity contribution in [1.82, 2.24) is 4.90 Å². The van der Waals surface area contributed by atoms with E-state index in [0.29, 0.717) is 13.1 Å². The molecule has 0 amide bonds. The molecule has 1 aromatic rings. The van der Waals surface area contributed by atoms with Crippen LogP contribution in [0.1, 0.15) is 12.5 Å². The van der Waals surface area contributed by atoms with Gasteiger partial charge in [0.2, 0.25) is 0 Å². The third kappa shape index (κ3) is 3.71. The minimum atomic E-state index is -0.499. The lowest BCUT2D eigenvalue weighted by Crippen LogP contribution is -2.23. The van der Waals surface area contributed by atoms with E-state index in [0.717, 1.165) is 5.56 Å². The fourth-order valence-electron chi connectivity index (χ4n) is 1.75. The third-order valence-electron chi connectivity index (χ3n) is 2.55. The first-order valence-electron chi connectivity index (χ1n) is 5.55. The monoisotopic (exact) mass is 248 g/mol. The summed E-state index contributed by atoms with van der Waals surface area (Å²) in [7, 11) is 1.89. The maximum absolute atomic E-state index is 10.6. The summed E-state index contributed by atoms with van der Waals surface area (Å²) in [6, 6.07) is 6.86. The second-order valence-electron chi connectivity index (χ2n) is 4.38. The zero-order valence-corrected chi connectivity index (χ0v) is 10.5. The molecule has 0 fully saturated rings. The minimum absolute atomic E-state index is 0.0506. The Balaban J connectivity index is 2.72. The van der Waals surface area contributed by atoms with Gasteiger partial charge >= 0.3 is 0 Å². The van der Waals surface area contributed by atoms with Gasteiger partial charge in [0.25, 0.3) is 5.69 Å². The average Bonchev–Trinajstić information content (AvgIpc) is 2.28. The molecule has 0 radical (unpaired) electrons. The third-order valence-corrected chi connectivity index (χ3v) is 2.55. The largest absolute Gasteiger partial charge is 0.393 e. The highest BCUT2D eigenvalue weighted by Gasteiger charge is 2.12. The summed E-state index contributed by atoms with van der Waals surface area (Å²) < 4.78 is 0. The summed E-state index contributed by atoms with van der Waals surface area (Å²) in [5.41, 5.74) is 6.60. The highest BCUT2D eigenvalue weighted by Crippen LogP contribution is 2.22. The number of nitrogens with two attached hydrogens (primary N) is 1. The van der Waals surface area contributed by atoms with Crippen molar-refractivity contribution in [3.63, 3.8) is 0 Å². The lowest BCUT2D eigenvalue weighted by atomic mass is 10.1. The van der Waals surface area contributed by atoms with Crippen molar-refractivity contribution in [2.45, 2.75) is 13.5 Å². The molecule has 0 saturated heterocycles. The summed E-state index contributed by atoms with van der Waals surface area (Å²) in [6.07, 6.45) is 0. The van der Waals surface area contributed by atoms with Crippen molar-refractivity contribution < 1.29 is 4.92 Å². The van der Waals surface area contributed by atoms with Gasteiger partial charge in [-0.05, 0) is 25.6 Å². The molecule has 0 bridgehead atoms. The Labute approximate surface area is 106 Å². The minimum Gasteiger partial charge on any atom is -0.393 e. The Morgan fingerprint density at radius 1 is 1.61 bits per heavy atom. The zero-order chi connectivity index (χ0) is 13.7. The first kappa shape index (κ1) is 13.9. The van der Waals surface area contributed by atoms with Crippen LogP contribution in [-0.4, -0.2) is 23.4 Å². The number of hydrogen-bond donors (Lipinski definition) is 1. The molecule has 18 heavy (non-hydrogen) atoms. The zero-order valence-electron chi connectivity index (χ0n) is 10.5. The molecule has 0 aliphatic heterocycles. The van der Waals surface area contributed by atoms with E-state index in [1.54, 1.807) is 12.1 Å². The van der Waals surface area contributed by atoms with Gasteiger partial charge in [-0.1, -0.05) is 6.07 Å². The molecule has 6 heteroatoms. The fourth-order valence-corrected chi connectivity index (χ4v) is 1.75. The number of nitriles is 1. The Hall–Kier alpha value is -2.13. The van der Waals surface area contributed by atoms with Crippen LogP contribution in [0.4, 0.5) is 11.4 Å². The number of anilines is 1. The van der Waals surface area contributed by atoms with E-state index in [2.05, 4.69) is 6.07 Å². The maximum atomic E-state index is 10.6. The Morgan fingerprint density at radius 2 is 2.28 bits per heavy atom. The van der Waals surface area contributed by atoms with Gasteiger partial charge in [-0.25, -0.2) is 0 Å². The van der Waals surface area contributed by atoms with Gasteiger partial charge in [-0.15, -0.1) is 0 Å². The maximum Gasteiger partial charge on any atom is 0.292 e. The molecule has 1 atom stereocenters. The molecule has 0 heterocycles. The standard InChI is InChI=1S/C12H16N4O2/c1-9(6-13)7-15(2)8-10-3-4-12(16(17)18)11(14)5-10/h3-5,9H,7-8,14H2,1-2H3. The summed E-state index contributed by atoms with van der Waals surface area (Å²) in [5.74, 6) is -0.0506. The molecule has 96 valence electrons. The predicted octanol–water partition coefficient (Wildman–Crippen LogP) is 1.77. The average molecular weight is 248 g/mol. The van der Waals surface area contributed by atoms with E-state index in [-0.39, 0.29) is 17.3 Å². The summed E-state index contributed by atoms with van der Waals surface area (Å²) in [6.45, 7) is 3.10. The van der Waals surface area contributed by atoms with Crippen molar-refractivity contribution in [3.8, 4) is 6.07 Å². The van der Waals surface area contributed by atoms with Gasteiger partial charge < -0.3 is 10.6 Å². The molecule has 2 N–H and O–H groups in total. The summed E-state index contributed by atoms with van der Waals surface area (Å²) in [4.78, 5) is 12.1. The van der Waals surface area contributed by atoms with Crippen molar-refractivity contribution in [1.29, 1.82) is 5.26 Å². The first-order chi connectivity index (χ1) is 8.43. The number of nitro benzene ring substituents is 1. The van der Waals surface area contributed by atoms with Gasteiger partial charge in [0.05, 0.1) is 16.9 Å². The Morgan fingerprint density at radius 3 is 2.78 bits per heavy atom. The second-order valence-corrected chi connectivity index (χ2v) is 4.38. The topological polar surface area (TPSA) is 96.2 Å². The molecule has 1 unspecified atom stereocenters. The molecular formula is C12H16N4O2. The van der Waals surface area contributed by atoms with Crippen LogP contribution in [-0.2, 0) is 6.54 Å². The number of rotatable bonds is 5. The van der Waals surface area contributed by atoms with E-state index in [1.165, 1.54) is 6.07 Å². The van der Waals surface area contributed by atoms with Gasteiger partial charge in [-0.3, -0.25) is 10.1 Å². The van der Waals surface area contributed by atoms with Gasteiger partial charge in [0.1, 0.15) is 5.69 Å². The van der Waals surface area contributed by atoms with Gasteiger partial charge in [-0.2, -0.15) is 5.26 Å². The van der Waals surface area contributed by atoms with E-state index in [4.69, 9.17) is 11.0 Å². The molecule has 0 aliphatic rings. The molecule has 0 spiro atoms. The normalized spacial score (nSPS) is 12.1. The first-order valence-corrected chi connectivity index (χ1v) is 5.55. The predicted molar refractivity (Wildman–Crippen MR) is 68.6 cm³/mol. The molecule has 1 aromatic carbocycles. The number of nitro groups is 1. The van der Waals surface area contributed by atoms with Crippen molar-refractivity contribution in [2.24, 2.45) is 5.92 Å². The number of nitrogens with zero attached hydrogens (tertiary/aromatic N) is 3. The number of nitrogen functional groups attached to an aromatic ring is 1. The highest BCUT2D eigenvalue weighted by molar-refractivity contribution is 5.59. The smallest absolute Gasteiger partial charge is 0.292 e. The molecule has 0 saturated carbocycles. The van der Waals surface area contributed by atoms with E-state index >= 15 is 0 Å². The highest BCUT2D eigenvalue weighted by atomic mass is 16.6. The van der Waals surface area contributed by atoms with Crippen LogP contribution < -0.4 is 5.73 Å². The van der Waals surface area contributed by atoms with Crippen LogP contribution in [0.3, 0.4) is 0 Å². The van der Waals surface area contributed by atoms with Crippen molar-refractivity contribution in [2.75, 3.05) is 19.3 Å². The van der Waals surface area contributed by atoms with Gasteiger partial charge in [0, 0.05) is 19.2 Å². The second kappa shape index (κ2) is 5.98.